The third-order valence-corrected chi connectivity index (χ3v) is 15.5. The maximum atomic E-state index is 13.4. The van der Waals surface area contributed by atoms with Gasteiger partial charge in [-0.25, -0.2) is 0 Å². The van der Waals surface area contributed by atoms with Crippen LogP contribution in [-0.4, -0.2) is 62.7 Å². The minimum atomic E-state index is -0.632. The highest BCUT2D eigenvalue weighted by atomic mass is 16.5. The van der Waals surface area contributed by atoms with Gasteiger partial charge in [0.05, 0.1) is 31.3 Å². The van der Waals surface area contributed by atoms with Crippen LogP contribution in [0.5, 0.6) is 0 Å². The van der Waals surface area contributed by atoms with Gasteiger partial charge in [-0.3, -0.25) is 4.79 Å². The minimum absolute atomic E-state index is 0.115. The number of carbonyl (C=O) groups is 1. The minimum Gasteiger partial charge on any atom is -0.481 e. The average molecular weight is 655 g/mol. The standard InChI is InChI=1S/C37H62N6O4/c1-20(2)22(5)33(7)15-16-35(9)24-11-12-27-34(8)18-46-19-37(27,25(24)13-14-36(35,10)29(33)31(44)45)17-26(43-41-32(39)40-42-43)30(34)47-23(6)28(38)21(3)4/h13,20-24,26-30H,11-12,14-19,38H2,1-10H3,(H2,39,41)(H,44,45)/t22-,23?,24+,26-,27+,28?,29-,30+,33-,34+,35-,36+,37+/m1/s1. The molecule has 2 heterocycles. The first-order chi connectivity index (χ1) is 21.9. The third-order valence-electron chi connectivity index (χ3n) is 15.5. The van der Waals surface area contributed by atoms with Crippen molar-refractivity contribution in [3.8, 4) is 0 Å². The van der Waals surface area contributed by atoms with Crippen LogP contribution in [0.15, 0.2) is 11.6 Å². The normalized spacial score (nSPS) is 45.0. The van der Waals surface area contributed by atoms with E-state index >= 15 is 0 Å². The van der Waals surface area contributed by atoms with Crippen molar-refractivity contribution in [1.82, 2.24) is 20.2 Å². The Kier molecular flexibility index (Phi) is 8.52. The Morgan fingerprint density at radius 2 is 1.74 bits per heavy atom. The lowest BCUT2D eigenvalue weighted by molar-refractivity contribution is -0.259. The molecule has 1 saturated heterocycles. The molecule has 10 nitrogen and oxygen atoms in total. The summed E-state index contributed by atoms with van der Waals surface area (Å²) in [5.74, 6) is 0.729. The summed E-state index contributed by atoms with van der Waals surface area (Å²) >= 11 is 0. The number of anilines is 1. The fourth-order valence-corrected chi connectivity index (χ4v) is 12.3. The van der Waals surface area contributed by atoms with E-state index in [2.05, 4.69) is 90.7 Å². The zero-order valence-corrected chi connectivity index (χ0v) is 30.6. The van der Waals surface area contributed by atoms with Gasteiger partial charge in [0.1, 0.15) is 6.04 Å². The summed E-state index contributed by atoms with van der Waals surface area (Å²) in [7, 11) is 0. The van der Waals surface area contributed by atoms with Crippen LogP contribution in [0.25, 0.3) is 0 Å². The quantitative estimate of drug-likeness (QED) is 0.281. The molecule has 0 spiro atoms. The third kappa shape index (κ3) is 4.80. The van der Waals surface area contributed by atoms with Gasteiger partial charge in [-0.2, -0.15) is 4.80 Å². The van der Waals surface area contributed by atoms with Crippen LogP contribution in [-0.2, 0) is 14.3 Å². The first-order valence-electron chi connectivity index (χ1n) is 18.3. The number of hydrogen-bond donors (Lipinski definition) is 3. The fraction of sp³-hybridized carbons (Fsp3) is 0.892. The monoisotopic (exact) mass is 654 g/mol. The van der Waals surface area contributed by atoms with E-state index in [1.807, 2.05) is 0 Å². The van der Waals surface area contributed by atoms with Crippen LogP contribution in [0, 0.1) is 62.6 Å². The molecule has 264 valence electrons. The summed E-state index contributed by atoms with van der Waals surface area (Å²) in [4.78, 5) is 15.1. The lowest BCUT2D eigenvalue weighted by Crippen LogP contribution is -2.69. The summed E-state index contributed by atoms with van der Waals surface area (Å²) < 4.78 is 13.7. The van der Waals surface area contributed by atoms with E-state index in [1.54, 1.807) is 4.80 Å². The van der Waals surface area contributed by atoms with Crippen molar-refractivity contribution in [1.29, 1.82) is 0 Å². The number of rotatable bonds is 8. The predicted molar refractivity (Wildman–Crippen MR) is 182 cm³/mol. The Bertz CT molecular complexity index is 1400. The average Bonchev–Trinajstić information content (AvgIpc) is 3.43. The van der Waals surface area contributed by atoms with E-state index in [-0.39, 0.29) is 69.2 Å². The number of carboxylic acid groups (broad SMARTS) is 1. The predicted octanol–water partition coefficient (Wildman–Crippen LogP) is 6.14. The van der Waals surface area contributed by atoms with Crippen molar-refractivity contribution < 1.29 is 19.4 Å². The molecule has 5 N–H and O–H groups in total. The Balaban J connectivity index is 1.45. The molecule has 1 aromatic heterocycles. The lowest BCUT2D eigenvalue weighted by Gasteiger charge is -2.71. The number of carboxylic acids is 1. The van der Waals surface area contributed by atoms with Crippen molar-refractivity contribution in [3.05, 3.63) is 11.6 Å². The lowest BCUT2D eigenvalue weighted by atomic mass is 9.34. The summed E-state index contributed by atoms with van der Waals surface area (Å²) in [6.45, 7) is 23.7. The second-order valence-corrected chi connectivity index (χ2v) is 18.2. The van der Waals surface area contributed by atoms with E-state index in [0.717, 1.165) is 38.5 Å². The number of aromatic nitrogens is 4. The van der Waals surface area contributed by atoms with E-state index in [9.17, 15) is 9.90 Å². The molecule has 0 amide bonds. The van der Waals surface area contributed by atoms with Crippen molar-refractivity contribution in [2.75, 3.05) is 18.9 Å². The largest absolute Gasteiger partial charge is 0.481 e. The summed E-state index contributed by atoms with van der Waals surface area (Å²) in [6, 6.07) is -0.308. The fourth-order valence-electron chi connectivity index (χ4n) is 12.3. The Hall–Kier alpha value is -2.04. The van der Waals surface area contributed by atoms with Crippen LogP contribution < -0.4 is 11.5 Å². The summed E-state index contributed by atoms with van der Waals surface area (Å²) in [5.41, 5.74) is 12.9. The van der Waals surface area contributed by atoms with E-state index in [1.165, 1.54) is 5.57 Å². The molecular formula is C37H62N6O4. The second-order valence-electron chi connectivity index (χ2n) is 18.2. The zero-order chi connectivity index (χ0) is 34.5. The molecule has 5 aliphatic rings. The van der Waals surface area contributed by atoms with Gasteiger partial charge in [0.2, 0.25) is 0 Å². The number of aliphatic carboxylic acids is 1. The SMILES string of the molecule is CC(C)C(N)C(C)O[C@H]1[C@H](n2nnc(N)n2)C[C@@]23COC[C@@]1(C)[C@@H]2CC[C@H]1C3=CC[C@@]2(C)[C@H](C(=O)O)[C@@](C)([C@H](C)C(C)C)CC[C@]12C. The van der Waals surface area contributed by atoms with E-state index in [0.29, 0.717) is 31.0 Å². The molecule has 13 atom stereocenters. The van der Waals surface area contributed by atoms with Crippen LogP contribution in [0.2, 0.25) is 0 Å². The molecular weight excluding hydrogens is 592 g/mol. The Morgan fingerprint density at radius 1 is 1.04 bits per heavy atom. The summed E-state index contributed by atoms with van der Waals surface area (Å²) in [6.07, 6.45) is 7.66. The number of nitrogen functional groups attached to an aromatic ring is 1. The Labute approximate surface area is 282 Å². The van der Waals surface area contributed by atoms with Crippen LogP contribution in [0.3, 0.4) is 0 Å². The van der Waals surface area contributed by atoms with Gasteiger partial charge in [0.25, 0.3) is 5.95 Å². The first-order valence-corrected chi connectivity index (χ1v) is 18.3. The maximum absolute atomic E-state index is 13.4. The van der Waals surface area contributed by atoms with Gasteiger partial charge in [-0.1, -0.05) is 79.1 Å². The molecule has 2 bridgehead atoms. The zero-order valence-electron chi connectivity index (χ0n) is 30.6. The molecule has 0 radical (unpaired) electrons. The molecule has 4 fully saturated rings. The highest BCUT2D eigenvalue weighted by Crippen LogP contribution is 2.75. The number of nitrogens with zero attached hydrogens (tertiary/aromatic N) is 4. The van der Waals surface area contributed by atoms with Gasteiger partial charge in [0, 0.05) is 16.9 Å². The van der Waals surface area contributed by atoms with Gasteiger partial charge in [-0.05, 0) is 96.5 Å². The number of hydrogen-bond acceptors (Lipinski definition) is 8. The number of nitrogens with two attached hydrogens (primary N) is 2. The van der Waals surface area contributed by atoms with Crippen molar-refractivity contribution in [3.63, 3.8) is 0 Å². The molecule has 10 heteroatoms. The van der Waals surface area contributed by atoms with Gasteiger partial charge >= 0.3 is 5.97 Å². The second kappa shape index (κ2) is 11.5. The topological polar surface area (TPSA) is 151 Å². The van der Waals surface area contributed by atoms with Crippen LogP contribution >= 0.6 is 0 Å². The molecule has 3 saturated carbocycles. The first kappa shape index (κ1) is 34.8. The number of tetrazole rings is 1. The van der Waals surface area contributed by atoms with E-state index in [4.69, 9.17) is 20.9 Å². The molecule has 1 aliphatic heterocycles. The number of fused-ring (bicyclic) bond motifs is 3. The van der Waals surface area contributed by atoms with Gasteiger partial charge in [0.15, 0.2) is 0 Å². The summed E-state index contributed by atoms with van der Waals surface area (Å²) in [5, 5.41) is 24.1. The van der Waals surface area contributed by atoms with Crippen LogP contribution in [0.4, 0.5) is 5.95 Å². The van der Waals surface area contributed by atoms with Crippen LogP contribution in [0.1, 0.15) is 114 Å². The highest BCUT2D eigenvalue weighted by Gasteiger charge is 2.72. The molecule has 0 aromatic carbocycles. The Morgan fingerprint density at radius 3 is 2.34 bits per heavy atom. The van der Waals surface area contributed by atoms with E-state index < -0.39 is 11.9 Å². The molecule has 47 heavy (non-hydrogen) atoms. The number of allylic oxidation sites excluding steroid dienone is 1. The highest BCUT2D eigenvalue weighted by molar-refractivity contribution is 5.73. The van der Waals surface area contributed by atoms with Crippen molar-refractivity contribution in [2.45, 2.75) is 132 Å². The molecule has 1 aromatic rings. The van der Waals surface area contributed by atoms with Crippen molar-refractivity contribution >= 4 is 11.9 Å². The van der Waals surface area contributed by atoms with Gasteiger partial charge < -0.3 is 26.0 Å². The maximum Gasteiger partial charge on any atom is 0.307 e. The smallest absolute Gasteiger partial charge is 0.307 e. The molecule has 4 aliphatic carbocycles. The molecule has 2 unspecified atom stereocenters. The van der Waals surface area contributed by atoms with Gasteiger partial charge in [-0.15, -0.1) is 5.10 Å². The number of ether oxygens (including phenoxy) is 2. The van der Waals surface area contributed by atoms with Crippen molar-refractivity contribution in [2.24, 2.45) is 68.3 Å². The molecule has 6 rings (SSSR count).